The molecule has 0 N–H and O–H groups in total. The molecule has 0 heterocycles. The highest BCUT2D eigenvalue weighted by molar-refractivity contribution is 7.85. The van der Waals surface area contributed by atoms with Gasteiger partial charge in [0.2, 0.25) is 0 Å². The van der Waals surface area contributed by atoms with Gasteiger partial charge in [-0.15, -0.1) is 0 Å². The van der Waals surface area contributed by atoms with Gasteiger partial charge in [-0.05, 0) is 19.1 Å². The minimum absolute atomic E-state index is 0.111. The highest BCUT2D eigenvalue weighted by atomic mass is 32.2. The lowest BCUT2D eigenvalue weighted by Crippen LogP contribution is -2.28. The summed E-state index contributed by atoms with van der Waals surface area (Å²) in [5.41, 5.74) is 0. The molecule has 100 valence electrons. The molecule has 3 atom stereocenters. The van der Waals surface area contributed by atoms with E-state index < -0.39 is 39.6 Å². The molecule has 0 saturated heterocycles. The van der Waals surface area contributed by atoms with Gasteiger partial charge >= 0.3 is 5.97 Å². The number of methoxy groups -OCH3 is 1. The average Bonchev–Trinajstić information content (AvgIpc) is 2.35. The van der Waals surface area contributed by atoms with Crippen LogP contribution in [0.3, 0.4) is 0 Å². The number of hydrogen-bond donors (Lipinski definition) is 0. The number of carbonyl (C=O) groups excluding carboxylic acids is 1. The van der Waals surface area contributed by atoms with E-state index in [0.717, 1.165) is 12.1 Å². The minimum Gasteiger partial charge on any atom is -0.469 e. The second-order valence-corrected chi connectivity index (χ2v) is 5.67. The number of rotatable bonds is 4. The highest BCUT2D eigenvalue weighted by Crippen LogP contribution is 2.21. The first kappa shape index (κ1) is 14.8. The van der Waals surface area contributed by atoms with Crippen LogP contribution in [0.15, 0.2) is 23.1 Å². The number of hydrogen-bond acceptors (Lipinski definition) is 3. The van der Waals surface area contributed by atoms with Crippen LogP contribution in [0.25, 0.3) is 0 Å². The molecule has 0 saturated carbocycles. The van der Waals surface area contributed by atoms with Crippen LogP contribution in [0.4, 0.5) is 8.78 Å². The van der Waals surface area contributed by atoms with Gasteiger partial charge in [-0.25, -0.2) is 8.78 Å². The first-order valence-corrected chi connectivity index (χ1v) is 6.53. The van der Waals surface area contributed by atoms with Gasteiger partial charge < -0.3 is 4.74 Å². The van der Waals surface area contributed by atoms with Crippen LogP contribution in [0.5, 0.6) is 0 Å². The quantitative estimate of drug-likeness (QED) is 0.792. The zero-order valence-electron chi connectivity index (χ0n) is 10.3. The van der Waals surface area contributed by atoms with Gasteiger partial charge in [0, 0.05) is 11.3 Å². The van der Waals surface area contributed by atoms with Crippen LogP contribution >= 0.6 is 0 Å². The van der Waals surface area contributed by atoms with E-state index in [9.17, 15) is 17.8 Å². The van der Waals surface area contributed by atoms with Crippen LogP contribution in [0.1, 0.15) is 13.8 Å². The van der Waals surface area contributed by atoms with E-state index in [4.69, 9.17) is 0 Å². The van der Waals surface area contributed by atoms with Crippen molar-refractivity contribution in [3.63, 3.8) is 0 Å². The molecule has 0 aliphatic heterocycles. The molecule has 1 rings (SSSR count). The van der Waals surface area contributed by atoms with Gasteiger partial charge in [0.05, 0.1) is 28.7 Å². The van der Waals surface area contributed by atoms with Crippen molar-refractivity contribution in [3.8, 4) is 0 Å². The molecule has 3 nitrogen and oxygen atoms in total. The van der Waals surface area contributed by atoms with Gasteiger partial charge in [-0.2, -0.15) is 0 Å². The Balaban J connectivity index is 2.96. The average molecular weight is 276 g/mol. The second kappa shape index (κ2) is 6.04. The molecular weight excluding hydrogens is 262 g/mol. The summed E-state index contributed by atoms with van der Waals surface area (Å²) in [5, 5.41) is -0.627. The summed E-state index contributed by atoms with van der Waals surface area (Å²) in [4.78, 5) is 11.2. The van der Waals surface area contributed by atoms with Crippen molar-refractivity contribution < 1.29 is 22.5 Å². The number of halogens is 2. The molecule has 1 aromatic rings. The summed E-state index contributed by atoms with van der Waals surface area (Å²) in [6.45, 7) is 3.11. The zero-order chi connectivity index (χ0) is 13.9. The van der Waals surface area contributed by atoms with Gasteiger partial charge in [0.15, 0.2) is 0 Å². The lowest BCUT2D eigenvalue weighted by molar-refractivity contribution is -0.144. The van der Waals surface area contributed by atoms with Gasteiger partial charge in [-0.1, -0.05) is 6.92 Å². The van der Waals surface area contributed by atoms with Crippen LogP contribution in [0, 0.1) is 17.6 Å². The summed E-state index contributed by atoms with van der Waals surface area (Å²) in [7, 11) is -0.514. The first-order valence-electron chi connectivity index (χ1n) is 5.32. The Bertz CT molecular complexity index is 476. The van der Waals surface area contributed by atoms with Gasteiger partial charge in [0.25, 0.3) is 0 Å². The van der Waals surface area contributed by atoms with E-state index in [1.54, 1.807) is 13.8 Å². The van der Waals surface area contributed by atoms with E-state index in [-0.39, 0.29) is 4.90 Å². The maximum absolute atomic E-state index is 13.5. The smallest absolute Gasteiger partial charge is 0.309 e. The Morgan fingerprint density at radius 3 is 2.44 bits per heavy atom. The third kappa shape index (κ3) is 3.13. The summed E-state index contributed by atoms with van der Waals surface area (Å²) < 4.78 is 42.8. The molecule has 6 heteroatoms. The number of ether oxygens (including phenoxy) is 1. The first-order chi connectivity index (χ1) is 8.38. The zero-order valence-corrected chi connectivity index (χ0v) is 11.1. The van der Waals surface area contributed by atoms with Crippen molar-refractivity contribution in [1.82, 2.24) is 0 Å². The van der Waals surface area contributed by atoms with Crippen LogP contribution in [-0.4, -0.2) is 22.5 Å². The maximum atomic E-state index is 13.5. The van der Waals surface area contributed by atoms with Crippen molar-refractivity contribution in [2.45, 2.75) is 24.0 Å². The summed E-state index contributed by atoms with van der Waals surface area (Å²) >= 11 is 0. The second-order valence-electron chi connectivity index (χ2n) is 3.89. The Morgan fingerprint density at radius 1 is 1.33 bits per heavy atom. The van der Waals surface area contributed by atoms with Crippen LogP contribution < -0.4 is 0 Å². The molecule has 18 heavy (non-hydrogen) atoms. The predicted octanol–water partition coefficient (Wildman–Crippen LogP) is 2.27. The molecule has 0 bridgehead atoms. The highest BCUT2D eigenvalue weighted by Gasteiger charge is 2.28. The summed E-state index contributed by atoms with van der Waals surface area (Å²) in [5.74, 6) is -2.77. The maximum Gasteiger partial charge on any atom is 0.309 e. The van der Waals surface area contributed by atoms with Crippen LogP contribution in [-0.2, 0) is 20.3 Å². The predicted molar refractivity (Wildman–Crippen MR) is 63.4 cm³/mol. The topological polar surface area (TPSA) is 43.4 Å². The van der Waals surface area contributed by atoms with Gasteiger partial charge in [-0.3, -0.25) is 9.00 Å². The third-order valence-electron chi connectivity index (χ3n) is 2.73. The van der Waals surface area contributed by atoms with Crippen molar-refractivity contribution in [2.75, 3.05) is 7.11 Å². The Hall–Kier alpha value is -1.30. The molecule has 0 aliphatic rings. The Kier molecular flexibility index (Phi) is 4.95. The molecule has 0 amide bonds. The van der Waals surface area contributed by atoms with E-state index >= 15 is 0 Å². The van der Waals surface area contributed by atoms with Crippen molar-refractivity contribution in [3.05, 3.63) is 29.8 Å². The van der Waals surface area contributed by atoms with E-state index in [2.05, 4.69) is 4.74 Å². The SMILES string of the molecule is COC(=O)C(C)C(C)S(=O)c1ccc(F)cc1F. The molecule has 1 aromatic carbocycles. The standard InChI is InChI=1S/C12H14F2O3S/c1-7(12(15)17-3)8(2)18(16)11-5-4-9(13)6-10(11)14/h4-8H,1-3H3. The fourth-order valence-electron chi connectivity index (χ4n) is 1.40. The van der Waals surface area contributed by atoms with E-state index in [1.807, 2.05) is 0 Å². The largest absolute Gasteiger partial charge is 0.469 e. The van der Waals surface area contributed by atoms with Crippen molar-refractivity contribution in [1.29, 1.82) is 0 Å². The molecule has 0 fully saturated rings. The third-order valence-corrected chi connectivity index (χ3v) is 4.57. The molecular formula is C12H14F2O3S. The lowest BCUT2D eigenvalue weighted by atomic mass is 10.1. The minimum atomic E-state index is -1.74. The fourth-order valence-corrected chi connectivity index (χ4v) is 2.74. The number of benzene rings is 1. The number of esters is 1. The van der Waals surface area contributed by atoms with Gasteiger partial charge in [0.1, 0.15) is 11.6 Å². The van der Waals surface area contributed by atoms with Crippen LogP contribution in [0.2, 0.25) is 0 Å². The molecule has 0 radical (unpaired) electrons. The fraction of sp³-hybridized carbons (Fsp3) is 0.417. The van der Waals surface area contributed by atoms with Crippen molar-refractivity contribution >= 4 is 16.8 Å². The summed E-state index contributed by atoms with van der Waals surface area (Å²) in [6, 6.07) is 2.83. The Morgan fingerprint density at radius 2 is 1.94 bits per heavy atom. The van der Waals surface area contributed by atoms with E-state index in [1.165, 1.54) is 7.11 Å². The number of carbonyl (C=O) groups is 1. The molecule has 0 aromatic heterocycles. The molecule has 3 unspecified atom stereocenters. The van der Waals surface area contributed by atoms with E-state index in [0.29, 0.717) is 6.07 Å². The normalized spacial score (nSPS) is 15.8. The summed E-state index contributed by atoms with van der Waals surface area (Å²) in [6.07, 6.45) is 0. The molecule has 0 spiro atoms. The lowest BCUT2D eigenvalue weighted by Gasteiger charge is -2.17. The Labute approximate surface area is 107 Å². The van der Waals surface area contributed by atoms with Crippen molar-refractivity contribution in [2.24, 2.45) is 5.92 Å². The monoisotopic (exact) mass is 276 g/mol. The molecule has 0 aliphatic carbocycles.